The van der Waals surface area contributed by atoms with Gasteiger partial charge < -0.3 is 18.9 Å². The van der Waals surface area contributed by atoms with Gasteiger partial charge in [0.1, 0.15) is 32.1 Å². The third-order valence-electron chi connectivity index (χ3n) is 4.09. The van der Waals surface area contributed by atoms with Gasteiger partial charge in [0.25, 0.3) is 10.0 Å². The summed E-state index contributed by atoms with van der Waals surface area (Å²) in [5.74, 6) is 0.656. The summed E-state index contributed by atoms with van der Waals surface area (Å²) in [7, 11) is -2.88. The molecule has 0 fully saturated rings. The van der Waals surface area contributed by atoms with Crippen LogP contribution in [0.25, 0.3) is 0 Å². The van der Waals surface area contributed by atoms with Crippen molar-refractivity contribution in [3.63, 3.8) is 0 Å². The number of benzene rings is 2. The van der Waals surface area contributed by atoms with E-state index >= 15 is 0 Å². The molecule has 0 saturated heterocycles. The van der Waals surface area contributed by atoms with E-state index in [0.717, 1.165) is 4.31 Å². The Morgan fingerprint density at radius 1 is 1.14 bits per heavy atom. The molecule has 29 heavy (non-hydrogen) atoms. The van der Waals surface area contributed by atoms with Crippen molar-refractivity contribution in [2.75, 3.05) is 37.8 Å². The van der Waals surface area contributed by atoms with E-state index < -0.39 is 22.5 Å². The normalized spacial score (nSPS) is 12.7. The summed E-state index contributed by atoms with van der Waals surface area (Å²) in [6.07, 6.45) is 1.60. The molecule has 0 spiro atoms. The number of anilines is 1. The van der Waals surface area contributed by atoms with Gasteiger partial charge in [-0.05, 0) is 36.4 Å². The summed E-state index contributed by atoms with van der Waals surface area (Å²) in [5, 5.41) is 0. The molecular weight excluding hydrogens is 398 g/mol. The fraction of sp³-hybridized carbons (Fsp3) is 0.250. The molecule has 2 aromatic rings. The largest absolute Gasteiger partial charge is 0.490 e. The van der Waals surface area contributed by atoms with Gasteiger partial charge in [0.05, 0.1) is 17.7 Å². The Balaban J connectivity index is 1.97. The summed E-state index contributed by atoms with van der Waals surface area (Å²) >= 11 is 0. The van der Waals surface area contributed by atoms with Gasteiger partial charge in [-0.1, -0.05) is 12.7 Å². The number of fused-ring (bicyclic) bond motifs is 1. The Kier molecular flexibility index (Phi) is 6.28. The molecule has 8 nitrogen and oxygen atoms in total. The predicted octanol–water partition coefficient (Wildman–Crippen LogP) is 2.39. The smallest absolute Gasteiger partial charge is 0.326 e. The molecule has 3 rings (SSSR count). The maximum Gasteiger partial charge on any atom is 0.326 e. The highest BCUT2D eigenvalue weighted by Crippen LogP contribution is 2.34. The number of sulfonamides is 1. The van der Waals surface area contributed by atoms with Crippen LogP contribution in [-0.2, 0) is 19.6 Å². The molecule has 0 atom stereocenters. The van der Waals surface area contributed by atoms with E-state index in [1.807, 2.05) is 0 Å². The molecule has 1 aliphatic rings. The van der Waals surface area contributed by atoms with Crippen molar-refractivity contribution < 1.29 is 32.2 Å². The second-order valence-corrected chi connectivity index (χ2v) is 7.85. The Morgan fingerprint density at radius 3 is 2.48 bits per heavy atom. The number of methoxy groups -OCH3 is 1. The van der Waals surface area contributed by atoms with Crippen molar-refractivity contribution in [1.82, 2.24) is 0 Å². The standard InChI is InChI=1S/C20H21NO7S/c1-3-10-26-16-6-4-15(5-7-16)21(14-20(22)25-2)29(23,24)17-8-9-18-19(13-17)28-12-11-27-18/h3-9,13H,1,10-12,14H2,2H3. The number of hydrogen-bond donors (Lipinski definition) is 0. The zero-order valence-electron chi connectivity index (χ0n) is 15.9. The van der Waals surface area contributed by atoms with E-state index in [2.05, 4.69) is 11.3 Å². The summed E-state index contributed by atoms with van der Waals surface area (Å²) in [6.45, 7) is 4.14. The molecule has 0 radical (unpaired) electrons. The van der Waals surface area contributed by atoms with E-state index in [1.165, 1.54) is 25.3 Å². The Hall–Kier alpha value is -3.20. The summed E-state index contributed by atoms with van der Waals surface area (Å²) < 4.78 is 48.6. The topological polar surface area (TPSA) is 91.4 Å². The minimum Gasteiger partial charge on any atom is -0.490 e. The number of carbonyl (C=O) groups excluding carboxylic acids is 1. The maximum absolute atomic E-state index is 13.3. The Bertz CT molecular complexity index is 986. The lowest BCUT2D eigenvalue weighted by Crippen LogP contribution is -2.36. The molecule has 1 aliphatic heterocycles. The summed E-state index contributed by atoms with van der Waals surface area (Å²) in [5.41, 5.74) is 0.288. The SMILES string of the molecule is C=CCOc1ccc(N(CC(=O)OC)S(=O)(=O)c2ccc3c(c2)OCCO3)cc1. The van der Waals surface area contributed by atoms with Gasteiger partial charge in [-0.2, -0.15) is 0 Å². The quantitative estimate of drug-likeness (QED) is 0.479. The minimum atomic E-state index is -4.08. The zero-order chi connectivity index (χ0) is 20.9. The van der Waals surface area contributed by atoms with Crippen molar-refractivity contribution in [3.8, 4) is 17.2 Å². The molecule has 154 valence electrons. The van der Waals surface area contributed by atoms with Crippen molar-refractivity contribution in [1.29, 1.82) is 0 Å². The predicted molar refractivity (Wildman–Crippen MR) is 106 cm³/mol. The van der Waals surface area contributed by atoms with Gasteiger partial charge in [-0.15, -0.1) is 0 Å². The van der Waals surface area contributed by atoms with E-state index in [9.17, 15) is 13.2 Å². The summed E-state index contributed by atoms with van der Waals surface area (Å²) in [4.78, 5) is 11.9. The molecule has 0 saturated carbocycles. The average Bonchev–Trinajstić information content (AvgIpc) is 2.75. The van der Waals surface area contributed by atoms with Crippen molar-refractivity contribution in [2.45, 2.75) is 4.90 Å². The van der Waals surface area contributed by atoms with Crippen LogP contribution < -0.4 is 18.5 Å². The lowest BCUT2D eigenvalue weighted by molar-refractivity contribution is -0.138. The highest BCUT2D eigenvalue weighted by molar-refractivity contribution is 7.92. The number of hydrogen-bond acceptors (Lipinski definition) is 7. The van der Waals surface area contributed by atoms with Crippen LogP contribution in [0, 0.1) is 0 Å². The first-order valence-electron chi connectivity index (χ1n) is 8.78. The van der Waals surface area contributed by atoms with Gasteiger partial charge in [-0.3, -0.25) is 9.10 Å². The molecule has 9 heteroatoms. The fourth-order valence-corrected chi connectivity index (χ4v) is 4.10. The van der Waals surface area contributed by atoms with Crippen LogP contribution in [0.3, 0.4) is 0 Å². The lowest BCUT2D eigenvalue weighted by atomic mass is 10.3. The summed E-state index contributed by atoms with van der Waals surface area (Å²) in [6, 6.07) is 10.7. The Labute approximate surface area is 169 Å². The Morgan fingerprint density at radius 2 is 1.83 bits per heavy atom. The highest BCUT2D eigenvalue weighted by Gasteiger charge is 2.29. The van der Waals surface area contributed by atoms with Crippen LogP contribution >= 0.6 is 0 Å². The van der Waals surface area contributed by atoms with Crippen molar-refractivity contribution in [2.24, 2.45) is 0 Å². The van der Waals surface area contributed by atoms with Crippen LogP contribution in [0.4, 0.5) is 5.69 Å². The number of ether oxygens (including phenoxy) is 4. The number of esters is 1. The second-order valence-electron chi connectivity index (χ2n) is 5.99. The minimum absolute atomic E-state index is 0.0300. The highest BCUT2D eigenvalue weighted by atomic mass is 32.2. The molecule has 0 N–H and O–H groups in total. The van der Waals surface area contributed by atoms with Crippen molar-refractivity contribution >= 4 is 21.7 Å². The molecule has 0 aromatic heterocycles. The number of nitrogens with zero attached hydrogens (tertiary/aromatic N) is 1. The molecule has 2 aromatic carbocycles. The van der Waals surface area contributed by atoms with E-state index in [0.29, 0.717) is 37.1 Å². The van der Waals surface area contributed by atoms with Crippen LogP contribution in [0.1, 0.15) is 0 Å². The van der Waals surface area contributed by atoms with Crippen LogP contribution in [0.15, 0.2) is 60.0 Å². The van der Waals surface area contributed by atoms with Gasteiger partial charge in [-0.25, -0.2) is 8.42 Å². The molecule has 1 heterocycles. The average molecular weight is 419 g/mol. The van der Waals surface area contributed by atoms with Crippen LogP contribution in [0.5, 0.6) is 17.2 Å². The first kappa shape index (κ1) is 20.5. The number of carbonyl (C=O) groups is 1. The van der Waals surface area contributed by atoms with Gasteiger partial charge in [0.2, 0.25) is 0 Å². The molecule has 0 bridgehead atoms. The van der Waals surface area contributed by atoms with Gasteiger partial charge >= 0.3 is 5.97 Å². The van der Waals surface area contributed by atoms with Gasteiger partial charge in [0.15, 0.2) is 11.5 Å². The number of rotatable bonds is 8. The first-order chi connectivity index (χ1) is 14.0. The monoisotopic (exact) mass is 419 g/mol. The van der Waals surface area contributed by atoms with E-state index in [1.54, 1.807) is 30.3 Å². The van der Waals surface area contributed by atoms with Crippen LogP contribution in [0.2, 0.25) is 0 Å². The molecule has 0 amide bonds. The van der Waals surface area contributed by atoms with Crippen molar-refractivity contribution in [3.05, 3.63) is 55.1 Å². The first-order valence-corrected chi connectivity index (χ1v) is 10.2. The molecule has 0 aliphatic carbocycles. The lowest BCUT2D eigenvalue weighted by Gasteiger charge is -2.25. The second kappa shape index (κ2) is 8.87. The maximum atomic E-state index is 13.3. The van der Waals surface area contributed by atoms with Crippen LogP contribution in [-0.4, -0.2) is 47.9 Å². The van der Waals surface area contributed by atoms with E-state index in [4.69, 9.17) is 14.2 Å². The zero-order valence-corrected chi connectivity index (χ0v) is 16.7. The third-order valence-corrected chi connectivity index (χ3v) is 5.86. The van der Waals surface area contributed by atoms with E-state index in [-0.39, 0.29) is 10.6 Å². The molecular formula is C20H21NO7S. The third kappa shape index (κ3) is 4.62. The van der Waals surface area contributed by atoms with Gasteiger partial charge in [0, 0.05) is 6.07 Å². The molecule has 0 unspecified atom stereocenters. The fourth-order valence-electron chi connectivity index (χ4n) is 2.67.